The van der Waals surface area contributed by atoms with Crippen molar-refractivity contribution in [3.8, 4) is 0 Å². The maximum Gasteiger partial charge on any atom is 0.495 e. The molecule has 1 aromatic rings. The number of hydrogen-bond donors (Lipinski definition) is 1. The summed E-state index contributed by atoms with van der Waals surface area (Å²) >= 11 is 0. The van der Waals surface area contributed by atoms with Gasteiger partial charge in [0.05, 0.1) is 0 Å². The number of aryl methyl sites for hydroxylation is 2. The number of nitrogen functional groups attached to an aromatic ring is 1. The Morgan fingerprint density at radius 3 is 2.50 bits per heavy atom. The molecule has 0 fully saturated rings. The van der Waals surface area contributed by atoms with Crippen molar-refractivity contribution >= 4 is 11.9 Å². The molecule has 0 aliphatic carbocycles. The number of carbonyl (C=O) groups excluding carboxylic acids is 1. The highest BCUT2D eigenvalue weighted by molar-refractivity contribution is 5.75. The summed E-state index contributed by atoms with van der Waals surface area (Å²) in [4.78, 5) is 18.3. The summed E-state index contributed by atoms with van der Waals surface area (Å²) in [5.41, 5.74) is 6.07. The highest BCUT2D eigenvalue weighted by Crippen LogP contribution is 2.14. The Bertz CT molecular complexity index is 408. The molecule has 0 saturated heterocycles. The Labute approximate surface area is 88.6 Å². The summed E-state index contributed by atoms with van der Waals surface area (Å²) in [6, 6.07) is 1.43. The third-order valence-electron chi connectivity index (χ3n) is 1.64. The van der Waals surface area contributed by atoms with Crippen LogP contribution in [0.3, 0.4) is 0 Å². The molecule has 8 heteroatoms. The minimum atomic E-state index is -5.07. The SMILES string of the molecule is Cc1cc(C)[n+](OC(=O)C(F)(F)F)c(N)n1. The molecule has 0 aromatic carbocycles. The van der Waals surface area contributed by atoms with Crippen molar-refractivity contribution in [2.45, 2.75) is 20.0 Å². The van der Waals surface area contributed by atoms with Crippen LogP contribution in [0.15, 0.2) is 6.07 Å². The van der Waals surface area contributed by atoms with Crippen LogP contribution in [0, 0.1) is 13.8 Å². The first-order valence-electron chi connectivity index (χ1n) is 4.17. The molecule has 0 saturated carbocycles. The molecule has 0 aliphatic rings. The number of anilines is 1. The smallest absolute Gasteiger partial charge is 0.284 e. The fourth-order valence-electron chi connectivity index (χ4n) is 1.05. The summed E-state index contributed by atoms with van der Waals surface area (Å²) in [6.45, 7) is 3.05. The molecule has 0 aliphatic heterocycles. The van der Waals surface area contributed by atoms with E-state index in [0.29, 0.717) is 10.4 Å². The molecule has 0 radical (unpaired) electrons. The second kappa shape index (κ2) is 3.95. The van der Waals surface area contributed by atoms with Gasteiger partial charge in [0.25, 0.3) is 0 Å². The first-order valence-corrected chi connectivity index (χ1v) is 4.17. The zero-order valence-corrected chi connectivity index (χ0v) is 8.50. The van der Waals surface area contributed by atoms with Crippen molar-refractivity contribution in [1.29, 1.82) is 0 Å². The van der Waals surface area contributed by atoms with E-state index in [-0.39, 0.29) is 11.6 Å². The standard InChI is InChI=1S/C8H8F3N3O2/c1-4-3-5(2)14(7(12)13-4)16-6(15)8(9,10)11/h3,12H,1-2H3/p+1. The first-order chi connectivity index (χ1) is 7.21. The van der Waals surface area contributed by atoms with E-state index in [1.807, 2.05) is 0 Å². The van der Waals surface area contributed by atoms with Crippen molar-refractivity contribution in [1.82, 2.24) is 4.98 Å². The van der Waals surface area contributed by atoms with Crippen LogP contribution in [-0.2, 0) is 4.79 Å². The van der Waals surface area contributed by atoms with Gasteiger partial charge in [0.1, 0.15) is 11.4 Å². The van der Waals surface area contributed by atoms with Crippen LogP contribution < -0.4 is 15.3 Å². The second-order valence-corrected chi connectivity index (χ2v) is 3.07. The zero-order valence-electron chi connectivity index (χ0n) is 8.50. The number of hydrogen-bond acceptors (Lipinski definition) is 4. The summed E-state index contributed by atoms with van der Waals surface area (Å²) in [5, 5.41) is 0. The average molecular weight is 236 g/mol. The molecule has 0 unspecified atom stereocenters. The Morgan fingerprint density at radius 1 is 1.50 bits per heavy atom. The Kier molecular flexibility index (Phi) is 3.02. The summed E-state index contributed by atoms with van der Waals surface area (Å²) in [5.74, 6) is -2.67. The fourth-order valence-corrected chi connectivity index (χ4v) is 1.05. The van der Waals surface area contributed by atoms with E-state index in [4.69, 9.17) is 5.73 Å². The van der Waals surface area contributed by atoms with Gasteiger partial charge in [-0.15, -0.1) is 0 Å². The normalized spacial score (nSPS) is 11.3. The molecule has 5 nitrogen and oxygen atoms in total. The second-order valence-electron chi connectivity index (χ2n) is 3.07. The van der Waals surface area contributed by atoms with Crippen LogP contribution in [-0.4, -0.2) is 17.1 Å². The largest absolute Gasteiger partial charge is 0.495 e. The number of nitrogens with zero attached hydrogens (tertiary/aromatic N) is 2. The minimum absolute atomic E-state index is 0.239. The van der Waals surface area contributed by atoms with Crippen molar-refractivity contribution in [3.63, 3.8) is 0 Å². The number of rotatable bonds is 1. The molecule has 0 amide bonds. The number of alkyl halides is 3. The summed E-state index contributed by atoms with van der Waals surface area (Å²) in [7, 11) is 0. The van der Waals surface area contributed by atoms with Gasteiger partial charge in [-0.3, -0.25) is 10.6 Å². The maximum absolute atomic E-state index is 11.9. The molecule has 1 rings (SSSR count). The quantitative estimate of drug-likeness (QED) is 0.701. The highest BCUT2D eigenvalue weighted by atomic mass is 19.4. The number of aromatic nitrogens is 2. The van der Waals surface area contributed by atoms with Gasteiger partial charge in [-0.1, -0.05) is 4.98 Å². The zero-order chi connectivity index (χ0) is 12.5. The molecule has 1 heterocycles. The van der Waals surface area contributed by atoms with Crippen LogP contribution in [0.5, 0.6) is 0 Å². The molecule has 16 heavy (non-hydrogen) atoms. The molecule has 88 valence electrons. The lowest BCUT2D eigenvalue weighted by atomic mass is 10.3. The van der Waals surface area contributed by atoms with Gasteiger partial charge in [0.15, 0.2) is 0 Å². The van der Waals surface area contributed by atoms with E-state index >= 15 is 0 Å². The molecule has 0 bridgehead atoms. The number of nitrogens with two attached hydrogens (primary N) is 1. The van der Waals surface area contributed by atoms with Gasteiger partial charge in [0.2, 0.25) is 0 Å². The number of carbonyl (C=O) groups is 1. The van der Waals surface area contributed by atoms with Gasteiger partial charge >= 0.3 is 18.1 Å². The van der Waals surface area contributed by atoms with Crippen LogP contribution >= 0.6 is 0 Å². The van der Waals surface area contributed by atoms with E-state index < -0.39 is 12.1 Å². The molecule has 0 atom stereocenters. The summed E-state index contributed by atoms with van der Waals surface area (Å²) < 4.78 is 36.3. The molecular formula is C8H9F3N3O2+. The molecular weight excluding hydrogens is 227 g/mol. The van der Waals surface area contributed by atoms with E-state index in [1.165, 1.54) is 13.0 Å². The van der Waals surface area contributed by atoms with Crippen LogP contribution in [0.4, 0.5) is 19.1 Å². The predicted octanol–water partition coefficient (Wildman–Crippen LogP) is 0.0856. The maximum atomic E-state index is 11.9. The lowest BCUT2D eigenvalue weighted by Gasteiger charge is -2.07. The predicted molar refractivity (Wildman–Crippen MR) is 46.0 cm³/mol. The van der Waals surface area contributed by atoms with Gasteiger partial charge in [0, 0.05) is 6.07 Å². The van der Waals surface area contributed by atoms with Gasteiger partial charge in [-0.05, 0) is 18.6 Å². The lowest BCUT2D eigenvalue weighted by molar-refractivity contribution is -0.865. The van der Waals surface area contributed by atoms with Crippen molar-refractivity contribution in [2.24, 2.45) is 0 Å². The van der Waals surface area contributed by atoms with E-state index in [2.05, 4.69) is 9.82 Å². The van der Waals surface area contributed by atoms with Crippen molar-refractivity contribution in [2.75, 3.05) is 5.73 Å². The molecule has 1 aromatic heterocycles. The molecule has 2 N–H and O–H groups in total. The monoisotopic (exact) mass is 236 g/mol. The van der Waals surface area contributed by atoms with E-state index in [9.17, 15) is 18.0 Å². The van der Waals surface area contributed by atoms with Crippen LogP contribution in [0.1, 0.15) is 11.4 Å². The van der Waals surface area contributed by atoms with Crippen LogP contribution in [0.2, 0.25) is 0 Å². The Hall–Kier alpha value is -1.86. The lowest BCUT2D eigenvalue weighted by Crippen LogP contribution is -2.54. The summed E-state index contributed by atoms with van der Waals surface area (Å²) in [6.07, 6.45) is -5.07. The van der Waals surface area contributed by atoms with E-state index in [1.54, 1.807) is 6.92 Å². The van der Waals surface area contributed by atoms with E-state index in [0.717, 1.165) is 0 Å². The van der Waals surface area contributed by atoms with Crippen LogP contribution in [0.25, 0.3) is 0 Å². The Balaban J connectivity index is 3.03. The third-order valence-corrected chi connectivity index (χ3v) is 1.64. The topological polar surface area (TPSA) is 69.1 Å². The van der Waals surface area contributed by atoms with Crippen molar-refractivity contribution < 1.29 is 27.5 Å². The highest BCUT2D eigenvalue weighted by Gasteiger charge is 2.43. The van der Waals surface area contributed by atoms with Gasteiger partial charge in [-0.2, -0.15) is 13.2 Å². The first kappa shape index (κ1) is 12.2. The van der Waals surface area contributed by atoms with Crippen molar-refractivity contribution in [3.05, 3.63) is 17.5 Å². The minimum Gasteiger partial charge on any atom is -0.284 e. The van der Waals surface area contributed by atoms with Gasteiger partial charge < -0.3 is 0 Å². The Morgan fingerprint density at radius 2 is 2.06 bits per heavy atom. The average Bonchev–Trinajstić information content (AvgIpc) is 2.08. The number of halogens is 3. The molecule has 0 spiro atoms. The van der Waals surface area contributed by atoms with Gasteiger partial charge in [-0.25, -0.2) is 4.79 Å². The third kappa shape index (κ3) is 2.59. The fraction of sp³-hybridized carbons (Fsp3) is 0.375.